The van der Waals surface area contributed by atoms with Gasteiger partial charge in [0.05, 0.1) is 18.7 Å². The minimum Gasteiger partial charge on any atom is -0.388 e. The molecular weight excluding hydrogens is 538 g/mol. The Hall–Kier alpha value is -1.13. The van der Waals surface area contributed by atoms with Crippen molar-refractivity contribution in [2.45, 2.75) is 111 Å². The van der Waals surface area contributed by atoms with E-state index in [0.29, 0.717) is 0 Å². The van der Waals surface area contributed by atoms with Crippen molar-refractivity contribution in [2.24, 2.45) is 17.2 Å². The Balaban J connectivity index is 1.84. The quantitative estimate of drug-likeness (QED) is 0.114. The van der Waals surface area contributed by atoms with Crippen molar-refractivity contribution in [1.82, 2.24) is 10.6 Å². The van der Waals surface area contributed by atoms with E-state index in [1.807, 2.05) is 0 Å². The maximum Gasteiger partial charge on any atom is 0.249 e. The molecule has 15 atom stereocenters. The van der Waals surface area contributed by atoms with Gasteiger partial charge in [0.1, 0.15) is 60.5 Å². The number of aliphatic hydroxyl groups is 7. The topological polar surface area (TPSA) is 298 Å². The van der Waals surface area contributed by atoms with Gasteiger partial charge in [-0.05, 0) is 33.4 Å². The van der Waals surface area contributed by atoms with Crippen LogP contribution in [0.15, 0.2) is 0 Å². The highest BCUT2D eigenvalue weighted by Crippen LogP contribution is 2.32. The fourth-order valence-electron chi connectivity index (χ4n) is 5.40. The van der Waals surface area contributed by atoms with Crippen LogP contribution >= 0.6 is 0 Å². The zero-order valence-corrected chi connectivity index (χ0v) is 22.5. The van der Waals surface area contributed by atoms with Gasteiger partial charge < -0.3 is 82.5 Å². The Labute approximate surface area is 231 Å². The summed E-state index contributed by atoms with van der Waals surface area (Å²) in [4.78, 5) is 12.6. The molecule has 0 aromatic rings. The van der Waals surface area contributed by atoms with Crippen molar-refractivity contribution in [3.05, 3.63) is 0 Å². The minimum absolute atomic E-state index is 0.0266. The Morgan fingerprint density at radius 3 is 2.27 bits per heavy atom. The first kappa shape index (κ1) is 33.4. The summed E-state index contributed by atoms with van der Waals surface area (Å²) < 4.78 is 22.8. The number of ether oxygens (including phenoxy) is 4. The SMILES string of the molecule is CNC1C(O)C(OC2C(NC(=O)[C@@H](O)CCN)CC(N)C(OC3OC(CN)C(O)C(O)C3O)C2O)OCC1(C)O. The molecule has 2 saturated heterocycles. The molecule has 0 aromatic heterocycles. The van der Waals surface area contributed by atoms with Gasteiger partial charge in [0.2, 0.25) is 5.91 Å². The van der Waals surface area contributed by atoms with Crippen LogP contribution in [-0.4, -0.2) is 160 Å². The Morgan fingerprint density at radius 1 is 1.02 bits per heavy atom. The van der Waals surface area contributed by atoms with Crippen molar-refractivity contribution in [3.63, 3.8) is 0 Å². The molecular formula is C23H45N5O12. The van der Waals surface area contributed by atoms with Crippen molar-refractivity contribution in [2.75, 3.05) is 26.7 Å². The van der Waals surface area contributed by atoms with Gasteiger partial charge in [0, 0.05) is 12.6 Å². The van der Waals surface area contributed by atoms with Crippen LogP contribution in [0.3, 0.4) is 0 Å². The Kier molecular flexibility index (Phi) is 11.6. The van der Waals surface area contributed by atoms with E-state index in [1.54, 1.807) is 0 Å². The van der Waals surface area contributed by atoms with Crippen molar-refractivity contribution in [1.29, 1.82) is 0 Å². The fourth-order valence-corrected chi connectivity index (χ4v) is 5.40. The van der Waals surface area contributed by atoms with E-state index >= 15 is 0 Å². The molecule has 0 aromatic carbocycles. The number of amides is 1. The van der Waals surface area contributed by atoms with Gasteiger partial charge in [-0.1, -0.05) is 0 Å². The average molecular weight is 584 g/mol. The molecule has 3 rings (SSSR count). The molecule has 17 heteroatoms. The van der Waals surface area contributed by atoms with E-state index in [1.165, 1.54) is 14.0 Å². The molecule has 40 heavy (non-hydrogen) atoms. The lowest BCUT2D eigenvalue weighted by Crippen LogP contribution is -2.70. The highest BCUT2D eigenvalue weighted by atomic mass is 16.7. The fraction of sp³-hybridized carbons (Fsp3) is 0.957. The van der Waals surface area contributed by atoms with Gasteiger partial charge in [0.15, 0.2) is 12.6 Å². The zero-order valence-electron chi connectivity index (χ0n) is 22.5. The van der Waals surface area contributed by atoms with Crippen LogP contribution in [0.5, 0.6) is 0 Å². The molecule has 0 spiro atoms. The van der Waals surface area contributed by atoms with E-state index in [9.17, 15) is 40.5 Å². The van der Waals surface area contributed by atoms with Crippen LogP contribution in [0.1, 0.15) is 19.8 Å². The molecule has 1 saturated carbocycles. The predicted octanol–water partition coefficient (Wildman–Crippen LogP) is -7.13. The van der Waals surface area contributed by atoms with E-state index in [-0.39, 0.29) is 32.5 Å². The lowest BCUT2D eigenvalue weighted by molar-refractivity contribution is -0.330. The van der Waals surface area contributed by atoms with Gasteiger partial charge >= 0.3 is 0 Å². The second-order valence-electron chi connectivity index (χ2n) is 10.8. The van der Waals surface area contributed by atoms with E-state index in [4.69, 9.17) is 36.1 Å². The molecule has 1 aliphatic carbocycles. The number of nitrogens with one attached hydrogen (secondary N) is 2. The van der Waals surface area contributed by atoms with Gasteiger partial charge in [-0.3, -0.25) is 4.79 Å². The summed E-state index contributed by atoms with van der Waals surface area (Å²) in [6, 6.07) is -2.89. The molecule has 17 nitrogen and oxygen atoms in total. The molecule has 14 unspecified atom stereocenters. The Morgan fingerprint density at radius 2 is 1.68 bits per heavy atom. The third-order valence-corrected chi connectivity index (χ3v) is 7.71. The van der Waals surface area contributed by atoms with Gasteiger partial charge in [-0.25, -0.2) is 0 Å². The second-order valence-corrected chi connectivity index (χ2v) is 10.8. The number of likely N-dealkylation sites (N-methyl/N-ethyl adjacent to an activating group) is 1. The molecule has 0 bridgehead atoms. The lowest BCUT2D eigenvalue weighted by Gasteiger charge is -2.49. The number of hydrogen-bond donors (Lipinski definition) is 12. The van der Waals surface area contributed by atoms with Crippen molar-refractivity contribution < 1.29 is 59.5 Å². The molecule has 2 heterocycles. The molecule has 15 N–H and O–H groups in total. The number of carbonyl (C=O) groups excluding carboxylic acids is 1. The monoisotopic (exact) mass is 583 g/mol. The highest BCUT2D eigenvalue weighted by molar-refractivity contribution is 5.80. The maximum atomic E-state index is 12.6. The molecule has 3 fully saturated rings. The molecule has 0 radical (unpaired) electrons. The number of nitrogens with two attached hydrogens (primary N) is 3. The van der Waals surface area contributed by atoms with Crippen LogP contribution in [0.2, 0.25) is 0 Å². The third kappa shape index (κ3) is 7.08. The summed E-state index contributed by atoms with van der Waals surface area (Å²) in [5, 5.41) is 79.0. The molecule has 2 aliphatic heterocycles. The van der Waals surface area contributed by atoms with Crippen molar-refractivity contribution in [3.8, 4) is 0 Å². The second kappa shape index (κ2) is 13.9. The van der Waals surface area contributed by atoms with E-state index in [2.05, 4.69) is 10.6 Å². The van der Waals surface area contributed by atoms with E-state index < -0.39 is 97.1 Å². The first-order valence-electron chi connectivity index (χ1n) is 13.3. The largest absolute Gasteiger partial charge is 0.388 e. The Bertz CT molecular complexity index is 827. The van der Waals surface area contributed by atoms with Crippen LogP contribution in [0, 0.1) is 0 Å². The average Bonchev–Trinajstić information content (AvgIpc) is 2.89. The summed E-state index contributed by atoms with van der Waals surface area (Å²) >= 11 is 0. The summed E-state index contributed by atoms with van der Waals surface area (Å²) in [5.41, 5.74) is 15.9. The molecule has 3 aliphatic rings. The van der Waals surface area contributed by atoms with Gasteiger partial charge in [0.25, 0.3) is 0 Å². The number of hydrogen-bond acceptors (Lipinski definition) is 16. The predicted molar refractivity (Wildman–Crippen MR) is 135 cm³/mol. The van der Waals surface area contributed by atoms with Crippen LogP contribution in [-0.2, 0) is 23.7 Å². The number of aliphatic hydroxyl groups excluding tert-OH is 6. The summed E-state index contributed by atoms with van der Waals surface area (Å²) in [5.74, 6) is -0.794. The first-order chi connectivity index (χ1) is 18.8. The summed E-state index contributed by atoms with van der Waals surface area (Å²) in [6.07, 6.45) is -16.1. The molecule has 1 amide bonds. The standard InChI is InChI=1S/C23H45N5O12/c1-23(36)7-37-21(16(34)19(23)27-2)40-18-9(28-20(35)10(29)3-4-24)5-8(26)17(15(18)33)39-22-14(32)13(31)12(30)11(6-25)38-22/h8-19,21-22,27,29-34,36H,3-7,24-26H2,1-2H3,(H,28,35)/t8?,9?,10-,11?,12?,13?,14?,15?,16?,17?,18?,19?,21?,22?,23?/m0/s1. The molecule has 234 valence electrons. The van der Waals surface area contributed by atoms with Gasteiger partial charge in [-0.15, -0.1) is 0 Å². The van der Waals surface area contributed by atoms with Crippen LogP contribution in [0.4, 0.5) is 0 Å². The van der Waals surface area contributed by atoms with Crippen LogP contribution < -0.4 is 27.8 Å². The number of rotatable bonds is 10. The summed E-state index contributed by atoms with van der Waals surface area (Å²) in [6.45, 7) is 1.06. The smallest absolute Gasteiger partial charge is 0.249 e. The third-order valence-electron chi connectivity index (χ3n) is 7.71. The number of carbonyl (C=O) groups is 1. The summed E-state index contributed by atoms with van der Waals surface area (Å²) in [7, 11) is 1.53. The lowest BCUT2D eigenvalue weighted by atomic mass is 9.83. The highest BCUT2D eigenvalue weighted by Gasteiger charge is 2.53. The minimum atomic E-state index is -1.72. The van der Waals surface area contributed by atoms with E-state index in [0.717, 1.165) is 0 Å². The maximum absolute atomic E-state index is 12.6. The van der Waals surface area contributed by atoms with Crippen LogP contribution in [0.25, 0.3) is 0 Å². The normalized spacial score (nSPS) is 47.0. The van der Waals surface area contributed by atoms with Gasteiger partial charge in [-0.2, -0.15) is 0 Å². The van der Waals surface area contributed by atoms with Crippen molar-refractivity contribution >= 4 is 5.91 Å². The first-order valence-corrected chi connectivity index (χ1v) is 13.3. The zero-order chi connectivity index (χ0) is 29.9.